The minimum Gasteiger partial charge on any atom is -0.299 e. The van der Waals surface area contributed by atoms with Gasteiger partial charge in [0.25, 0.3) is 0 Å². The molecule has 1 fully saturated rings. The Morgan fingerprint density at radius 1 is 1.20 bits per heavy atom. The summed E-state index contributed by atoms with van der Waals surface area (Å²) in [5.41, 5.74) is 0. The zero-order chi connectivity index (χ0) is 11.7. The molecule has 90 valence electrons. The van der Waals surface area contributed by atoms with Gasteiger partial charge in [0.05, 0.1) is 0 Å². The molecule has 1 aliphatic carbocycles. The topological polar surface area (TPSA) is 17.1 Å². The molecule has 0 atom stereocenters. The van der Waals surface area contributed by atoms with E-state index in [0.29, 0.717) is 11.7 Å². The maximum absolute atomic E-state index is 11.0. The predicted molar refractivity (Wildman–Crippen MR) is 67.0 cm³/mol. The Balaban J connectivity index is 0.000000288. The largest absolute Gasteiger partial charge is 0.299 e. The summed E-state index contributed by atoms with van der Waals surface area (Å²) in [6, 6.07) is 0. The molecule has 1 heteroatoms. The molecule has 0 bridgehead atoms. The van der Waals surface area contributed by atoms with E-state index in [1.165, 1.54) is 25.7 Å². The third kappa shape index (κ3) is 7.58. The van der Waals surface area contributed by atoms with Crippen molar-refractivity contribution in [2.75, 3.05) is 0 Å². The summed E-state index contributed by atoms with van der Waals surface area (Å²) in [5, 5.41) is 0. The van der Waals surface area contributed by atoms with E-state index in [0.717, 1.165) is 25.2 Å². The molecule has 1 rings (SSSR count). The van der Waals surface area contributed by atoms with Crippen LogP contribution < -0.4 is 0 Å². The van der Waals surface area contributed by atoms with Crippen LogP contribution in [-0.4, -0.2) is 5.78 Å². The van der Waals surface area contributed by atoms with Gasteiger partial charge in [-0.15, -0.1) is 0 Å². The van der Waals surface area contributed by atoms with Gasteiger partial charge in [-0.3, -0.25) is 4.79 Å². The van der Waals surface area contributed by atoms with Crippen molar-refractivity contribution in [1.29, 1.82) is 0 Å². The van der Waals surface area contributed by atoms with Crippen molar-refractivity contribution in [3.63, 3.8) is 0 Å². The second-order valence-electron chi connectivity index (χ2n) is 4.98. The first kappa shape index (κ1) is 14.7. The van der Waals surface area contributed by atoms with Crippen LogP contribution in [-0.2, 0) is 4.79 Å². The second kappa shape index (κ2) is 8.94. The average molecular weight is 212 g/mol. The Hall–Kier alpha value is -0.330. The van der Waals surface area contributed by atoms with E-state index in [1.54, 1.807) is 0 Å². The first-order valence-electron chi connectivity index (χ1n) is 6.64. The average Bonchev–Trinajstić information content (AvgIpc) is 2.70. The molecule has 0 spiro atoms. The van der Waals surface area contributed by atoms with Crippen molar-refractivity contribution in [3.8, 4) is 0 Å². The Labute approximate surface area is 95.6 Å². The third-order valence-corrected chi connectivity index (χ3v) is 3.03. The summed E-state index contributed by atoms with van der Waals surface area (Å²) in [7, 11) is 0. The van der Waals surface area contributed by atoms with Crippen LogP contribution >= 0.6 is 0 Å². The maximum atomic E-state index is 11.0. The van der Waals surface area contributed by atoms with Crippen LogP contribution in [0.4, 0.5) is 0 Å². The minimum atomic E-state index is 0.440. The fourth-order valence-corrected chi connectivity index (χ4v) is 2.11. The molecule has 15 heavy (non-hydrogen) atoms. The van der Waals surface area contributed by atoms with Gasteiger partial charge >= 0.3 is 0 Å². The van der Waals surface area contributed by atoms with Crippen LogP contribution in [0.15, 0.2) is 0 Å². The number of carbonyl (C=O) groups is 1. The van der Waals surface area contributed by atoms with Gasteiger partial charge in [-0.05, 0) is 18.8 Å². The normalized spacial score (nSPS) is 16.3. The van der Waals surface area contributed by atoms with Gasteiger partial charge in [-0.25, -0.2) is 0 Å². The Bertz CT molecular complexity index is 155. The van der Waals surface area contributed by atoms with Gasteiger partial charge in [0.1, 0.15) is 5.78 Å². The van der Waals surface area contributed by atoms with E-state index in [-0.39, 0.29) is 0 Å². The zero-order valence-corrected chi connectivity index (χ0v) is 11.0. The van der Waals surface area contributed by atoms with E-state index in [1.807, 2.05) is 6.92 Å². The molecule has 1 saturated carbocycles. The summed E-state index contributed by atoms with van der Waals surface area (Å²) in [5.74, 6) is 1.82. The van der Waals surface area contributed by atoms with Gasteiger partial charge in [0.2, 0.25) is 0 Å². The molecular formula is C14H28O. The van der Waals surface area contributed by atoms with E-state index in [2.05, 4.69) is 20.8 Å². The lowest BCUT2D eigenvalue weighted by molar-refractivity contribution is -0.122. The Morgan fingerprint density at radius 2 is 1.73 bits per heavy atom. The van der Waals surface area contributed by atoms with Crippen LogP contribution in [0.2, 0.25) is 0 Å². The lowest BCUT2D eigenvalue weighted by Gasteiger charge is -2.02. The maximum Gasteiger partial charge on any atom is 0.135 e. The highest BCUT2D eigenvalue weighted by Crippen LogP contribution is 2.25. The highest BCUT2D eigenvalue weighted by Gasteiger charge is 2.20. The quantitative estimate of drug-likeness (QED) is 0.665. The molecule has 0 heterocycles. The molecule has 0 saturated heterocycles. The summed E-state index contributed by atoms with van der Waals surface area (Å²) >= 11 is 0. The number of rotatable bonds is 4. The molecule has 1 nitrogen and oxygen atoms in total. The van der Waals surface area contributed by atoms with Crippen molar-refractivity contribution in [1.82, 2.24) is 0 Å². The van der Waals surface area contributed by atoms with Gasteiger partial charge in [-0.1, -0.05) is 53.4 Å². The van der Waals surface area contributed by atoms with Crippen LogP contribution in [0.5, 0.6) is 0 Å². The SMILES string of the molecule is CCC(=O)C1CCCC1.CCCC(C)C. The summed E-state index contributed by atoms with van der Waals surface area (Å²) < 4.78 is 0. The zero-order valence-electron chi connectivity index (χ0n) is 11.0. The monoisotopic (exact) mass is 212 g/mol. The molecular weight excluding hydrogens is 184 g/mol. The molecule has 0 aromatic heterocycles. The first-order valence-corrected chi connectivity index (χ1v) is 6.64. The van der Waals surface area contributed by atoms with Gasteiger partial charge in [-0.2, -0.15) is 0 Å². The Kier molecular flexibility index (Phi) is 8.74. The molecule has 0 aromatic rings. The number of hydrogen-bond acceptors (Lipinski definition) is 1. The Morgan fingerprint density at radius 3 is 2.00 bits per heavy atom. The molecule has 0 radical (unpaired) electrons. The number of carbonyl (C=O) groups excluding carboxylic acids is 1. The molecule has 0 aromatic carbocycles. The van der Waals surface area contributed by atoms with Crippen molar-refractivity contribution in [2.45, 2.75) is 72.6 Å². The smallest absolute Gasteiger partial charge is 0.135 e. The fraction of sp³-hybridized carbons (Fsp3) is 0.929. The number of hydrogen-bond donors (Lipinski definition) is 0. The predicted octanol–water partition coefficient (Wildman–Crippen LogP) is 4.60. The van der Waals surface area contributed by atoms with Crippen molar-refractivity contribution in [2.24, 2.45) is 11.8 Å². The standard InChI is InChI=1S/C8H14O.C6H14/c1-2-8(9)7-5-3-4-6-7;1-4-5-6(2)3/h7H,2-6H2,1H3;6H,4-5H2,1-3H3. The van der Waals surface area contributed by atoms with Crippen LogP contribution in [0.3, 0.4) is 0 Å². The van der Waals surface area contributed by atoms with E-state index in [4.69, 9.17) is 0 Å². The molecule has 0 N–H and O–H groups in total. The number of Topliss-reactive ketones (excluding diaryl/α,β-unsaturated/α-hetero) is 1. The second-order valence-corrected chi connectivity index (χ2v) is 4.98. The highest BCUT2D eigenvalue weighted by atomic mass is 16.1. The van der Waals surface area contributed by atoms with E-state index < -0.39 is 0 Å². The van der Waals surface area contributed by atoms with Crippen molar-refractivity contribution in [3.05, 3.63) is 0 Å². The summed E-state index contributed by atoms with van der Waals surface area (Å²) in [4.78, 5) is 11.0. The van der Waals surface area contributed by atoms with E-state index >= 15 is 0 Å². The fourth-order valence-electron chi connectivity index (χ4n) is 2.11. The van der Waals surface area contributed by atoms with Crippen LogP contribution in [0.1, 0.15) is 72.6 Å². The first-order chi connectivity index (χ1) is 7.11. The van der Waals surface area contributed by atoms with Crippen molar-refractivity contribution < 1.29 is 4.79 Å². The summed E-state index contributed by atoms with van der Waals surface area (Å²) in [6.07, 6.45) is 8.31. The lowest BCUT2D eigenvalue weighted by Crippen LogP contribution is -2.07. The van der Waals surface area contributed by atoms with E-state index in [9.17, 15) is 4.79 Å². The van der Waals surface area contributed by atoms with Gasteiger partial charge in [0, 0.05) is 12.3 Å². The highest BCUT2D eigenvalue weighted by molar-refractivity contribution is 5.80. The van der Waals surface area contributed by atoms with Crippen LogP contribution in [0.25, 0.3) is 0 Å². The van der Waals surface area contributed by atoms with Crippen LogP contribution in [0, 0.1) is 11.8 Å². The lowest BCUT2D eigenvalue weighted by atomic mass is 10.0. The van der Waals surface area contributed by atoms with Gasteiger partial charge in [0.15, 0.2) is 0 Å². The molecule has 0 amide bonds. The number of ketones is 1. The van der Waals surface area contributed by atoms with Crippen molar-refractivity contribution >= 4 is 5.78 Å². The molecule has 1 aliphatic rings. The summed E-state index contributed by atoms with van der Waals surface area (Å²) in [6.45, 7) is 8.69. The third-order valence-electron chi connectivity index (χ3n) is 3.03. The molecule has 0 aliphatic heterocycles. The molecule has 0 unspecified atom stereocenters. The minimum absolute atomic E-state index is 0.440. The van der Waals surface area contributed by atoms with Gasteiger partial charge < -0.3 is 0 Å².